The Bertz CT molecular complexity index is 1050. The van der Waals surface area contributed by atoms with Crippen LogP contribution in [-0.2, 0) is 6.42 Å². The fourth-order valence-corrected chi connectivity index (χ4v) is 3.96. The summed E-state index contributed by atoms with van der Waals surface area (Å²) in [7, 11) is 0. The molecule has 1 aromatic heterocycles. The quantitative estimate of drug-likeness (QED) is 0.338. The zero-order chi connectivity index (χ0) is 20.9. The Morgan fingerprint density at radius 3 is 2.59 bits per heavy atom. The molecule has 0 unspecified atom stereocenters. The molecule has 0 saturated carbocycles. The first kappa shape index (κ1) is 21.0. The molecule has 3 nitrogen and oxygen atoms in total. The number of anilines is 1. The highest BCUT2D eigenvalue weighted by molar-refractivity contribution is 8.00. The van der Waals surface area contributed by atoms with E-state index in [0.29, 0.717) is 5.01 Å². The third kappa shape index (κ3) is 5.62. The number of aryl methyl sites for hydroxylation is 1. The molecule has 0 atom stereocenters. The Labute approximate surface area is 174 Å². The van der Waals surface area contributed by atoms with E-state index in [4.69, 9.17) is 0 Å². The van der Waals surface area contributed by atoms with Crippen LogP contribution in [0.5, 0.6) is 0 Å². The number of nitrogens with one attached hydrogen (secondary N) is 1. The molecule has 0 saturated heterocycles. The van der Waals surface area contributed by atoms with E-state index in [0.717, 1.165) is 17.7 Å². The molecule has 8 heteroatoms. The van der Waals surface area contributed by atoms with E-state index in [1.165, 1.54) is 41.3 Å². The zero-order valence-electron chi connectivity index (χ0n) is 15.3. The van der Waals surface area contributed by atoms with Gasteiger partial charge in [0.25, 0.3) is 0 Å². The predicted octanol–water partition coefficient (Wildman–Crippen LogP) is 6.96. The molecule has 0 amide bonds. The van der Waals surface area contributed by atoms with Crippen molar-refractivity contribution in [1.29, 1.82) is 5.26 Å². The van der Waals surface area contributed by atoms with Gasteiger partial charge < -0.3 is 5.32 Å². The predicted molar refractivity (Wildman–Crippen MR) is 112 cm³/mol. The summed E-state index contributed by atoms with van der Waals surface area (Å²) in [5, 5.41) is 14.6. The van der Waals surface area contributed by atoms with Crippen molar-refractivity contribution in [2.45, 2.75) is 23.7 Å². The molecule has 0 aliphatic heterocycles. The minimum Gasteiger partial charge on any atom is -0.359 e. The molecule has 0 spiro atoms. The molecule has 3 rings (SSSR count). The highest BCUT2D eigenvalue weighted by Crippen LogP contribution is 2.40. The molecule has 1 heterocycles. The van der Waals surface area contributed by atoms with E-state index < -0.39 is 5.51 Å². The molecule has 0 aliphatic rings. The summed E-state index contributed by atoms with van der Waals surface area (Å²) >= 11 is 1.11. The van der Waals surface area contributed by atoms with Crippen molar-refractivity contribution in [3.8, 4) is 17.3 Å². The lowest BCUT2D eigenvalue weighted by molar-refractivity contribution is -0.0327. The van der Waals surface area contributed by atoms with Crippen LogP contribution >= 0.6 is 23.1 Å². The summed E-state index contributed by atoms with van der Waals surface area (Å²) < 4.78 is 38.2. The third-order valence-corrected chi connectivity index (χ3v) is 5.68. The highest BCUT2D eigenvalue weighted by atomic mass is 32.2. The molecule has 0 radical (unpaired) electrons. The van der Waals surface area contributed by atoms with Gasteiger partial charge in [0.1, 0.15) is 16.6 Å². The van der Waals surface area contributed by atoms with Gasteiger partial charge in [-0.25, -0.2) is 4.98 Å². The van der Waals surface area contributed by atoms with Crippen LogP contribution in [0.1, 0.15) is 17.5 Å². The van der Waals surface area contributed by atoms with Crippen molar-refractivity contribution in [3.05, 3.63) is 70.7 Å². The van der Waals surface area contributed by atoms with Gasteiger partial charge in [-0.2, -0.15) is 18.4 Å². The van der Waals surface area contributed by atoms with Gasteiger partial charge in [-0.3, -0.25) is 0 Å². The topological polar surface area (TPSA) is 48.7 Å². The van der Waals surface area contributed by atoms with Gasteiger partial charge in [-0.15, -0.1) is 11.3 Å². The van der Waals surface area contributed by atoms with Crippen LogP contribution in [0, 0.1) is 11.3 Å². The first-order chi connectivity index (χ1) is 13.9. The number of nitriles is 1. The fourth-order valence-electron chi connectivity index (χ4n) is 2.53. The average Bonchev–Trinajstić information content (AvgIpc) is 3.18. The van der Waals surface area contributed by atoms with Gasteiger partial charge in [0, 0.05) is 22.0 Å². The number of benzene rings is 2. The largest absolute Gasteiger partial charge is 0.446 e. The number of thioether (sulfide) groups is 1. The van der Waals surface area contributed by atoms with Crippen molar-refractivity contribution < 1.29 is 13.2 Å². The number of hydrogen-bond acceptors (Lipinski definition) is 5. The second-order valence-corrected chi connectivity index (χ2v) is 7.91. The summed E-state index contributed by atoms with van der Waals surface area (Å²) in [6.07, 6.45) is 2.34. The van der Waals surface area contributed by atoms with Crippen LogP contribution in [0.2, 0.25) is 0 Å². The maximum atomic E-state index is 12.7. The van der Waals surface area contributed by atoms with Gasteiger partial charge in [0.05, 0.1) is 11.4 Å². The van der Waals surface area contributed by atoms with Gasteiger partial charge in [0.2, 0.25) is 0 Å². The molecule has 148 valence electrons. The lowest BCUT2D eigenvalue weighted by atomic mass is 10.1. The molecule has 2 aromatic carbocycles. The average molecular weight is 432 g/mol. The lowest BCUT2D eigenvalue weighted by Gasteiger charge is -2.10. The Kier molecular flexibility index (Phi) is 6.62. The van der Waals surface area contributed by atoms with E-state index in [1.54, 1.807) is 6.07 Å². The van der Waals surface area contributed by atoms with Crippen molar-refractivity contribution in [3.63, 3.8) is 0 Å². The summed E-state index contributed by atoms with van der Waals surface area (Å²) in [6.45, 7) is 2.08. The van der Waals surface area contributed by atoms with Crippen LogP contribution in [-0.4, -0.2) is 10.5 Å². The number of allylic oxidation sites excluding steroid dienone is 1. The van der Waals surface area contributed by atoms with Gasteiger partial charge in [-0.1, -0.05) is 43.3 Å². The van der Waals surface area contributed by atoms with Crippen LogP contribution < -0.4 is 5.32 Å². The SMILES string of the molecule is CCc1ccc(-c2csc(/C(C#N)=C/Nc3ccccc3SC(F)(F)F)n2)cc1. The summed E-state index contributed by atoms with van der Waals surface area (Å²) in [4.78, 5) is 4.54. The molecular formula is C21H16F3N3S2. The minimum atomic E-state index is -4.39. The molecule has 0 bridgehead atoms. The number of alkyl halides is 3. The zero-order valence-corrected chi connectivity index (χ0v) is 17.0. The number of rotatable bonds is 6. The third-order valence-electron chi connectivity index (χ3n) is 4.00. The van der Waals surface area contributed by atoms with Crippen LogP contribution in [0.15, 0.2) is 65.0 Å². The number of para-hydroxylation sites is 1. The van der Waals surface area contributed by atoms with E-state index in [9.17, 15) is 18.4 Å². The van der Waals surface area contributed by atoms with Crippen molar-refractivity contribution in [2.75, 3.05) is 5.32 Å². The standard InChI is InChI=1S/C21H16F3N3S2/c1-2-14-7-9-15(10-8-14)18-13-28-20(27-18)16(11-25)12-26-17-5-3-4-6-19(17)29-21(22,23)24/h3-10,12-13,26H,2H2,1H3/b16-12+. The van der Waals surface area contributed by atoms with Crippen LogP contribution in [0.4, 0.5) is 18.9 Å². The minimum absolute atomic E-state index is 0.0318. The van der Waals surface area contributed by atoms with Gasteiger partial charge >= 0.3 is 5.51 Å². The summed E-state index contributed by atoms with van der Waals surface area (Å²) in [5.74, 6) is 0. The van der Waals surface area contributed by atoms with Crippen LogP contribution in [0.3, 0.4) is 0 Å². The van der Waals surface area contributed by atoms with Crippen molar-refractivity contribution in [2.24, 2.45) is 0 Å². The van der Waals surface area contributed by atoms with Gasteiger partial charge in [-0.05, 0) is 35.9 Å². The lowest BCUT2D eigenvalue weighted by Crippen LogP contribution is -2.01. The Morgan fingerprint density at radius 1 is 1.21 bits per heavy atom. The first-order valence-corrected chi connectivity index (χ1v) is 10.4. The fraction of sp³-hybridized carbons (Fsp3) is 0.143. The maximum Gasteiger partial charge on any atom is 0.446 e. The van der Waals surface area contributed by atoms with Gasteiger partial charge in [0.15, 0.2) is 0 Å². The number of nitrogens with zero attached hydrogens (tertiary/aromatic N) is 2. The summed E-state index contributed by atoms with van der Waals surface area (Å²) in [6, 6.07) is 16.2. The second kappa shape index (κ2) is 9.16. The molecule has 29 heavy (non-hydrogen) atoms. The summed E-state index contributed by atoms with van der Waals surface area (Å²) in [5.41, 5.74) is -0.949. The van der Waals surface area contributed by atoms with E-state index in [-0.39, 0.29) is 27.9 Å². The highest BCUT2D eigenvalue weighted by Gasteiger charge is 2.30. The number of hydrogen-bond donors (Lipinski definition) is 1. The Hall–Kier alpha value is -2.76. The van der Waals surface area contributed by atoms with E-state index in [1.807, 2.05) is 29.6 Å². The smallest absolute Gasteiger partial charge is 0.359 e. The molecule has 3 aromatic rings. The first-order valence-electron chi connectivity index (χ1n) is 8.66. The van der Waals surface area contributed by atoms with Crippen molar-refractivity contribution in [1.82, 2.24) is 4.98 Å². The molecular weight excluding hydrogens is 415 g/mol. The molecule has 1 N–H and O–H groups in total. The Morgan fingerprint density at radius 2 is 1.93 bits per heavy atom. The van der Waals surface area contributed by atoms with Crippen LogP contribution in [0.25, 0.3) is 16.8 Å². The maximum absolute atomic E-state index is 12.7. The monoisotopic (exact) mass is 431 g/mol. The van der Waals surface area contributed by atoms with E-state index >= 15 is 0 Å². The second-order valence-electron chi connectivity index (χ2n) is 5.95. The molecule has 0 aliphatic carbocycles. The number of thiazole rings is 1. The normalized spacial score (nSPS) is 11.9. The number of aromatic nitrogens is 1. The van der Waals surface area contributed by atoms with E-state index in [2.05, 4.69) is 23.3 Å². The number of halogens is 3. The Balaban J connectivity index is 1.81. The molecule has 0 fully saturated rings. The van der Waals surface area contributed by atoms with Crippen molar-refractivity contribution >= 4 is 34.4 Å².